The van der Waals surface area contributed by atoms with Gasteiger partial charge in [-0.05, 0) is 50.5 Å². The van der Waals surface area contributed by atoms with Crippen molar-refractivity contribution in [2.24, 2.45) is 0 Å². The zero-order valence-electron chi connectivity index (χ0n) is 16.3. The predicted molar refractivity (Wildman–Crippen MR) is 107 cm³/mol. The van der Waals surface area contributed by atoms with E-state index in [4.69, 9.17) is 4.74 Å². The summed E-state index contributed by atoms with van der Waals surface area (Å²) in [6, 6.07) is 10.7. The van der Waals surface area contributed by atoms with Gasteiger partial charge in [0, 0.05) is 37.1 Å². The highest BCUT2D eigenvalue weighted by atomic mass is 16.5. The second kappa shape index (κ2) is 6.83. The molecule has 1 spiro atoms. The number of nitrogens with zero attached hydrogens (tertiary/aromatic N) is 2. The molecular formula is C21H28N4O2. The first kappa shape index (κ1) is 17.8. The Morgan fingerprint density at radius 2 is 2.11 bits per heavy atom. The minimum Gasteiger partial charge on any atom is -0.497 e. The number of anilines is 1. The lowest BCUT2D eigenvalue weighted by atomic mass is 9.82. The second-order valence-corrected chi connectivity index (χ2v) is 7.60. The normalized spacial score (nSPS) is 18.3. The van der Waals surface area contributed by atoms with Gasteiger partial charge < -0.3 is 24.8 Å². The van der Waals surface area contributed by atoms with E-state index in [1.807, 2.05) is 17.9 Å². The van der Waals surface area contributed by atoms with E-state index in [0.29, 0.717) is 0 Å². The zero-order chi connectivity index (χ0) is 19.0. The summed E-state index contributed by atoms with van der Waals surface area (Å²) in [5.74, 6) is 0.845. The molecule has 0 radical (unpaired) electrons. The van der Waals surface area contributed by atoms with Gasteiger partial charge in [0.15, 0.2) is 0 Å². The Morgan fingerprint density at radius 1 is 1.33 bits per heavy atom. The highest BCUT2D eigenvalue weighted by Gasteiger charge is 2.42. The Labute approximate surface area is 160 Å². The standard InChI is InChI=1S/C21H28N4O2/c1-4-15(2)22-20(26)24-12-9-21(10-13-24)19-6-5-11-25(19)18-8-7-16(27-3)14-17(18)23-21/h5-8,11,14-15,23H,4,9-10,12-13H2,1-3H3,(H,22,26)/t15-/m0/s1. The van der Waals surface area contributed by atoms with Crippen LogP contribution in [-0.4, -0.2) is 41.7 Å². The Kier molecular flexibility index (Phi) is 4.50. The van der Waals surface area contributed by atoms with Crippen LogP contribution in [0.25, 0.3) is 5.69 Å². The first-order valence-electron chi connectivity index (χ1n) is 9.76. The van der Waals surface area contributed by atoms with Crippen molar-refractivity contribution in [2.45, 2.75) is 44.7 Å². The molecule has 2 N–H and O–H groups in total. The van der Waals surface area contributed by atoms with Gasteiger partial charge in [0.05, 0.1) is 24.0 Å². The average Bonchev–Trinajstić information content (AvgIpc) is 3.19. The van der Waals surface area contributed by atoms with Gasteiger partial charge in [-0.3, -0.25) is 0 Å². The lowest BCUT2D eigenvalue weighted by Crippen LogP contribution is -2.53. The highest BCUT2D eigenvalue weighted by molar-refractivity contribution is 5.75. The van der Waals surface area contributed by atoms with E-state index in [1.165, 1.54) is 5.69 Å². The minimum absolute atomic E-state index is 0.0486. The SMILES string of the molecule is CC[C@H](C)NC(=O)N1CCC2(CC1)Nc1cc(OC)ccc1-n1cccc12. The number of hydrogen-bond donors (Lipinski definition) is 2. The summed E-state index contributed by atoms with van der Waals surface area (Å²) in [5.41, 5.74) is 3.33. The topological polar surface area (TPSA) is 58.5 Å². The summed E-state index contributed by atoms with van der Waals surface area (Å²) in [4.78, 5) is 14.4. The third-order valence-corrected chi connectivity index (χ3v) is 5.96. The van der Waals surface area contributed by atoms with Crippen molar-refractivity contribution in [3.63, 3.8) is 0 Å². The Bertz CT molecular complexity index is 836. The fourth-order valence-electron chi connectivity index (χ4n) is 4.13. The number of benzene rings is 1. The highest BCUT2D eigenvalue weighted by Crippen LogP contribution is 2.44. The molecule has 4 rings (SSSR count). The summed E-state index contributed by atoms with van der Waals surface area (Å²) >= 11 is 0. The smallest absolute Gasteiger partial charge is 0.317 e. The van der Waals surface area contributed by atoms with Gasteiger partial charge in [-0.2, -0.15) is 0 Å². The summed E-state index contributed by atoms with van der Waals surface area (Å²) in [6.07, 6.45) is 4.81. The summed E-state index contributed by atoms with van der Waals surface area (Å²) < 4.78 is 7.68. The van der Waals surface area contributed by atoms with Crippen LogP contribution in [0.4, 0.5) is 10.5 Å². The number of ether oxygens (including phenoxy) is 1. The first-order chi connectivity index (χ1) is 13.1. The second-order valence-electron chi connectivity index (χ2n) is 7.60. The Balaban J connectivity index is 1.57. The van der Waals surface area contributed by atoms with Gasteiger partial charge in [-0.25, -0.2) is 4.79 Å². The largest absolute Gasteiger partial charge is 0.497 e. The first-order valence-corrected chi connectivity index (χ1v) is 9.76. The van der Waals surface area contributed by atoms with Crippen molar-refractivity contribution < 1.29 is 9.53 Å². The van der Waals surface area contributed by atoms with Crippen LogP contribution in [0, 0.1) is 0 Å². The van der Waals surface area contributed by atoms with Crippen LogP contribution in [-0.2, 0) is 5.54 Å². The van der Waals surface area contributed by atoms with Crippen molar-refractivity contribution in [3.8, 4) is 11.4 Å². The predicted octanol–water partition coefficient (Wildman–Crippen LogP) is 3.71. The van der Waals surface area contributed by atoms with Gasteiger partial charge in [-0.1, -0.05) is 6.92 Å². The number of piperidine rings is 1. The number of urea groups is 1. The van der Waals surface area contributed by atoms with Crippen LogP contribution in [0.15, 0.2) is 36.5 Å². The molecule has 6 nitrogen and oxygen atoms in total. The summed E-state index contributed by atoms with van der Waals surface area (Å²) in [5, 5.41) is 6.86. The molecule has 1 fully saturated rings. The van der Waals surface area contributed by atoms with E-state index in [0.717, 1.165) is 49.5 Å². The van der Waals surface area contributed by atoms with Gasteiger partial charge in [0.25, 0.3) is 0 Å². The lowest BCUT2D eigenvalue weighted by Gasteiger charge is -2.46. The number of nitrogens with one attached hydrogen (secondary N) is 2. The number of rotatable bonds is 3. The van der Waals surface area contributed by atoms with E-state index in [9.17, 15) is 4.79 Å². The number of likely N-dealkylation sites (tertiary alicyclic amines) is 1. The van der Waals surface area contributed by atoms with Crippen LogP contribution in [0.2, 0.25) is 0 Å². The fraction of sp³-hybridized carbons (Fsp3) is 0.476. The van der Waals surface area contributed by atoms with Crippen molar-refractivity contribution in [1.29, 1.82) is 0 Å². The van der Waals surface area contributed by atoms with E-state index in [1.54, 1.807) is 7.11 Å². The monoisotopic (exact) mass is 368 g/mol. The Hall–Kier alpha value is -2.63. The molecule has 3 heterocycles. The number of carbonyl (C=O) groups is 1. The van der Waals surface area contributed by atoms with E-state index in [-0.39, 0.29) is 17.6 Å². The molecule has 144 valence electrons. The minimum atomic E-state index is -0.157. The quantitative estimate of drug-likeness (QED) is 0.868. The maximum Gasteiger partial charge on any atom is 0.317 e. The molecule has 0 aliphatic carbocycles. The summed E-state index contributed by atoms with van der Waals surface area (Å²) in [7, 11) is 1.69. The number of aromatic nitrogens is 1. The molecule has 1 atom stereocenters. The van der Waals surface area contributed by atoms with Crippen molar-refractivity contribution in [2.75, 3.05) is 25.5 Å². The molecule has 0 saturated carbocycles. The van der Waals surface area contributed by atoms with Crippen molar-refractivity contribution in [3.05, 3.63) is 42.2 Å². The fourth-order valence-corrected chi connectivity index (χ4v) is 4.13. The maximum absolute atomic E-state index is 12.5. The maximum atomic E-state index is 12.5. The van der Waals surface area contributed by atoms with Crippen molar-refractivity contribution in [1.82, 2.24) is 14.8 Å². The van der Waals surface area contributed by atoms with Crippen LogP contribution >= 0.6 is 0 Å². The molecule has 0 bridgehead atoms. The molecule has 2 aliphatic heterocycles. The van der Waals surface area contributed by atoms with Gasteiger partial charge in [-0.15, -0.1) is 0 Å². The van der Waals surface area contributed by atoms with E-state index in [2.05, 4.69) is 52.6 Å². The molecule has 1 saturated heterocycles. The van der Waals surface area contributed by atoms with Gasteiger partial charge >= 0.3 is 6.03 Å². The van der Waals surface area contributed by atoms with E-state index < -0.39 is 0 Å². The van der Waals surface area contributed by atoms with Crippen LogP contribution in [0.5, 0.6) is 5.75 Å². The molecule has 27 heavy (non-hydrogen) atoms. The number of fused-ring (bicyclic) bond motifs is 4. The van der Waals surface area contributed by atoms with Gasteiger partial charge in [0.1, 0.15) is 5.75 Å². The molecule has 6 heteroatoms. The molecule has 1 aromatic carbocycles. The number of methoxy groups -OCH3 is 1. The third-order valence-electron chi connectivity index (χ3n) is 5.96. The molecule has 2 aromatic rings. The molecule has 2 amide bonds. The number of amides is 2. The number of hydrogen-bond acceptors (Lipinski definition) is 3. The van der Waals surface area contributed by atoms with Crippen LogP contribution in [0.3, 0.4) is 0 Å². The van der Waals surface area contributed by atoms with Crippen molar-refractivity contribution >= 4 is 11.7 Å². The molecular weight excluding hydrogens is 340 g/mol. The van der Waals surface area contributed by atoms with E-state index >= 15 is 0 Å². The zero-order valence-corrected chi connectivity index (χ0v) is 16.3. The lowest BCUT2D eigenvalue weighted by molar-refractivity contribution is 0.160. The van der Waals surface area contributed by atoms with Crippen LogP contribution < -0.4 is 15.4 Å². The molecule has 2 aliphatic rings. The molecule has 1 aromatic heterocycles. The third kappa shape index (κ3) is 3.03. The molecule has 0 unspecified atom stereocenters. The summed E-state index contributed by atoms with van der Waals surface area (Å²) in [6.45, 7) is 5.60. The van der Waals surface area contributed by atoms with Crippen LogP contribution in [0.1, 0.15) is 38.8 Å². The number of carbonyl (C=O) groups excluding carboxylic acids is 1. The van der Waals surface area contributed by atoms with Gasteiger partial charge in [0.2, 0.25) is 0 Å². The Morgan fingerprint density at radius 3 is 2.81 bits per heavy atom. The average molecular weight is 368 g/mol.